The van der Waals surface area contributed by atoms with Gasteiger partial charge in [-0.15, -0.1) is 0 Å². The second-order valence-electron chi connectivity index (χ2n) is 9.05. The number of esters is 3. The van der Waals surface area contributed by atoms with Crippen LogP contribution in [0.2, 0.25) is 0 Å². The highest BCUT2D eigenvalue weighted by atomic mass is 16.6. The molecular weight excluding hydrogens is 688 g/mol. The zero-order chi connectivity index (χ0) is 40.1. The summed E-state index contributed by atoms with van der Waals surface area (Å²) in [5.74, 6) is 1.46. The lowest BCUT2D eigenvalue weighted by Crippen LogP contribution is -2.18. The van der Waals surface area contributed by atoms with E-state index in [0.29, 0.717) is 64.5 Å². The summed E-state index contributed by atoms with van der Waals surface area (Å²) in [6.07, 6.45) is 3.45. The Hall–Kier alpha value is -6.09. The van der Waals surface area contributed by atoms with Gasteiger partial charge in [-0.2, -0.15) is 9.59 Å². The smallest absolute Gasteiger partial charge is 0.373 e. The third-order valence-corrected chi connectivity index (χ3v) is 5.91. The van der Waals surface area contributed by atoms with Crippen molar-refractivity contribution in [3.05, 3.63) is 47.9 Å². The molecule has 2 aromatic rings. The number of benzene rings is 2. The molecule has 0 saturated heterocycles. The molecule has 0 aliphatic carbocycles. The SMILES string of the molecule is CCOC(=O)/C(=C/Nc1cc(OC)c(OC)c(OC)c1)CC.CCOC(=O)C(=COC)C(=O)OCC.COc1cc(N)cc(OC)c1OC.O=C=O. The molecule has 0 amide bonds. The minimum atomic E-state index is -0.743. The van der Waals surface area contributed by atoms with Crippen LogP contribution in [0.3, 0.4) is 0 Å². The van der Waals surface area contributed by atoms with Crippen molar-refractivity contribution in [2.24, 2.45) is 0 Å². The molecule has 0 aliphatic heterocycles. The summed E-state index contributed by atoms with van der Waals surface area (Å²) >= 11 is 0. The van der Waals surface area contributed by atoms with E-state index in [-0.39, 0.29) is 30.9 Å². The van der Waals surface area contributed by atoms with E-state index in [9.17, 15) is 14.4 Å². The van der Waals surface area contributed by atoms with Gasteiger partial charge < -0.3 is 58.4 Å². The molecule has 0 fully saturated rings. The number of anilines is 2. The van der Waals surface area contributed by atoms with E-state index < -0.39 is 11.9 Å². The number of methoxy groups -OCH3 is 7. The number of ether oxygens (including phenoxy) is 10. The summed E-state index contributed by atoms with van der Waals surface area (Å²) in [5, 5.41) is 3.06. The molecule has 0 saturated carbocycles. The lowest BCUT2D eigenvalue weighted by Gasteiger charge is -2.14. The number of hydrogen-bond donors (Lipinski definition) is 2. The summed E-state index contributed by atoms with van der Waals surface area (Å²) < 4.78 is 49.9. The van der Waals surface area contributed by atoms with Crippen molar-refractivity contribution < 1.29 is 71.3 Å². The van der Waals surface area contributed by atoms with Gasteiger partial charge in [0.1, 0.15) is 6.26 Å². The van der Waals surface area contributed by atoms with Crippen LogP contribution in [0.25, 0.3) is 0 Å². The first-order valence-corrected chi connectivity index (χ1v) is 15.5. The van der Waals surface area contributed by atoms with Crippen molar-refractivity contribution >= 4 is 35.4 Å². The first-order chi connectivity index (χ1) is 24.9. The summed E-state index contributed by atoms with van der Waals surface area (Å²) in [4.78, 5) is 50.3. The topological polar surface area (TPSA) is 216 Å². The van der Waals surface area contributed by atoms with Crippen LogP contribution in [-0.2, 0) is 42.9 Å². The molecule has 0 aliphatic rings. The molecular formula is C35H50N2O15. The fraction of sp³-hybridized carbons (Fsp3) is 0.429. The number of nitrogen functional groups attached to an aromatic ring is 1. The van der Waals surface area contributed by atoms with E-state index >= 15 is 0 Å². The number of hydrogen-bond acceptors (Lipinski definition) is 17. The number of carbonyl (C=O) groups is 3. The van der Waals surface area contributed by atoms with Crippen LogP contribution in [0.1, 0.15) is 34.1 Å². The van der Waals surface area contributed by atoms with Gasteiger partial charge in [0.15, 0.2) is 28.6 Å². The molecule has 0 heterocycles. The maximum atomic E-state index is 11.7. The third-order valence-electron chi connectivity index (χ3n) is 5.91. The quantitative estimate of drug-likeness (QED) is 0.0466. The van der Waals surface area contributed by atoms with Crippen LogP contribution < -0.4 is 39.5 Å². The molecule has 290 valence electrons. The average Bonchev–Trinajstić information content (AvgIpc) is 3.14. The Kier molecular flexibility index (Phi) is 26.5. The second-order valence-corrected chi connectivity index (χ2v) is 9.05. The fourth-order valence-electron chi connectivity index (χ4n) is 3.68. The Balaban J connectivity index is 0. The average molecular weight is 739 g/mol. The Morgan fingerprint density at radius 2 is 1.00 bits per heavy atom. The van der Waals surface area contributed by atoms with E-state index in [1.165, 1.54) is 7.11 Å². The minimum absolute atomic E-state index is 0.194. The summed E-state index contributed by atoms with van der Waals surface area (Å²) in [6, 6.07) is 6.88. The first kappa shape index (κ1) is 48.0. The van der Waals surface area contributed by atoms with Crippen LogP contribution in [0.15, 0.2) is 47.9 Å². The molecule has 17 nitrogen and oxygen atoms in total. The Morgan fingerprint density at radius 1 is 0.635 bits per heavy atom. The van der Waals surface area contributed by atoms with Crippen molar-refractivity contribution in [2.75, 3.05) is 80.6 Å². The van der Waals surface area contributed by atoms with E-state index in [4.69, 9.17) is 48.5 Å². The highest BCUT2D eigenvalue weighted by Crippen LogP contribution is 2.40. The molecule has 3 N–H and O–H groups in total. The van der Waals surface area contributed by atoms with Crippen molar-refractivity contribution in [1.82, 2.24) is 0 Å². The summed E-state index contributed by atoms with van der Waals surface area (Å²) in [5.41, 5.74) is 7.22. The summed E-state index contributed by atoms with van der Waals surface area (Å²) in [7, 11) is 10.6. The Morgan fingerprint density at radius 3 is 1.31 bits per heavy atom. The standard InChI is InChI=1S/C16H23NO5.C9H13NO3.C9H14O5.CO2/c1-6-11(16(18)22-7-2)10-17-12-8-13(19-3)15(21-5)14(9-12)20-4;1-11-7-4-6(10)5-8(12-2)9(7)13-3;1-4-13-8(10)7(6-12-3)9(11)14-5-2;2-1-3/h8-10,17H,6-7H2,1-5H3;4-5H,10H2,1-3H3;6H,4-5H2,1-3H3;/b11-10+;;;. The Bertz CT molecular complexity index is 1410. The van der Waals surface area contributed by atoms with Crippen molar-refractivity contribution in [1.29, 1.82) is 0 Å². The maximum absolute atomic E-state index is 11.7. The highest BCUT2D eigenvalue weighted by Gasteiger charge is 2.21. The van der Waals surface area contributed by atoms with Gasteiger partial charge in [0, 0.05) is 41.8 Å². The van der Waals surface area contributed by atoms with Gasteiger partial charge in [0.2, 0.25) is 11.5 Å². The number of rotatable bonds is 16. The zero-order valence-electron chi connectivity index (χ0n) is 31.5. The number of nitrogens with two attached hydrogens (primary N) is 1. The molecule has 17 heteroatoms. The minimum Gasteiger partial charge on any atom is -0.503 e. The van der Waals surface area contributed by atoms with Crippen LogP contribution >= 0.6 is 0 Å². The lowest BCUT2D eigenvalue weighted by molar-refractivity contribution is -0.191. The van der Waals surface area contributed by atoms with Crippen LogP contribution in [0.5, 0.6) is 34.5 Å². The van der Waals surface area contributed by atoms with Gasteiger partial charge in [-0.1, -0.05) is 6.92 Å². The van der Waals surface area contributed by atoms with E-state index in [1.54, 1.807) is 93.9 Å². The molecule has 2 aromatic carbocycles. The normalized spacial score (nSPS) is 9.48. The molecule has 0 spiro atoms. The predicted octanol–water partition coefficient (Wildman–Crippen LogP) is 4.34. The highest BCUT2D eigenvalue weighted by molar-refractivity contribution is 6.13. The fourth-order valence-corrected chi connectivity index (χ4v) is 3.68. The molecule has 0 aromatic heterocycles. The maximum Gasteiger partial charge on any atom is 0.373 e. The van der Waals surface area contributed by atoms with Crippen LogP contribution in [0, 0.1) is 0 Å². The monoisotopic (exact) mass is 738 g/mol. The van der Waals surface area contributed by atoms with Crippen molar-refractivity contribution in [3.63, 3.8) is 0 Å². The second kappa shape index (κ2) is 28.7. The molecule has 2 rings (SSSR count). The van der Waals surface area contributed by atoms with Crippen LogP contribution in [0.4, 0.5) is 11.4 Å². The Labute approximate surface area is 303 Å². The van der Waals surface area contributed by atoms with Gasteiger partial charge in [-0.05, 0) is 27.2 Å². The molecule has 0 unspecified atom stereocenters. The molecule has 0 atom stereocenters. The van der Waals surface area contributed by atoms with E-state index in [0.717, 1.165) is 6.26 Å². The van der Waals surface area contributed by atoms with Crippen molar-refractivity contribution in [3.8, 4) is 34.5 Å². The largest absolute Gasteiger partial charge is 0.503 e. The predicted molar refractivity (Wildman–Crippen MR) is 189 cm³/mol. The van der Waals surface area contributed by atoms with Gasteiger partial charge in [-0.3, -0.25) is 0 Å². The lowest BCUT2D eigenvalue weighted by atomic mass is 10.2. The van der Waals surface area contributed by atoms with Crippen LogP contribution in [-0.4, -0.2) is 93.6 Å². The van der Waals surface area contributed by atoms with Gasteiger partial charge >= 0.3 is 24.1 Å². The van der Waals surface area contributed by atoms with E-state index in [2.05, 4.69) is 19.5 Å². The molecule has 52 heavy (non-hydrogen) atoms. The third kappa shape index (κ3) is 17.0. The number of carbonyl (C=O) groups excluding carboxylic acids is 5. The van der Waals surface area contributed by atoms with Crippen molar-refractivity contribution in [2.45, 2.75) is 34.1 Å². The molecule has 0 bridgehead atoms. The molecule has 0 radical (unpaired) electrons. The first-order valence-electron chi connectivity index (χ1n) is 15.5. The van der Waals surface area contributed by atoms with Gasteiger partial charge in [-0.25, -0.2) is 14.4 Å². The van der Waals surface area contributed by atoms with Gasteiger partial charge in [0.05, 0.1) is 75.2 Å². The summed E-state index contributed by atoms with van der Waals surface area (Å²) in [6.45, 7) is 7.69. The van der Waals surface area contributed by atoms with Gasteiger partial charge in [0.25, 0.3) is 0 Å². The number of nitrogens with one attached hydrogen (secondary N) is 1. The van der Waals surface area contributed by atoms with E-state index in [1.807, 2.05) is 6.92 Å². The zero-order valence-corrected chi connectivity index (χ0v) is 31.5.